The van der Waals surface area contributed by atoms with Crippen molar-refractivity contribution in [3.8, 4) is 17.3 Å². The first-order chi connectivity index (χ1) is 20.4. The van der Waals surface area contributed by atoms with Crippen molar-refractivity contribution in [2.45, 2.75) is 32.9 Å². The molecule has 0 atom stereocenters. The van der Waals surface area contributed by atoms with E-state index in [1.54, 1.807) is 12.1 Å². The molecule has 43 heavy (non-hydrogen) atoms. The molecule has 0 amide bonds. The Morgan fingerprint density at radius 1 is 1.26 bits per heavy atom. The van der Waals surface area contributed by atoms with Gasteiger partial charge in [0.05, 0.1) is 16.9 Å². The van der Waals surface area contributed by atoms with Crippen molar-refractivity contribution in [2.75, 3.05) is 43.0 Å². The van der Waals surface area contributed by atoms with E-state index >= 15 is 0 Å². The Bertz CT molecular complexity index is 1700. The van der Waals surface area contributed by atoms with E-state index in [2.05, 4.69) is 42.3 Å². The lowest BCUT2D eigenvalue weighted by Crippen LogP contribution is -2.54. The van der Waals surface area contributed by atoms with Gasteiger partial charge >= 0.3 is 12.1 Å². The number of anilines is 3. The van der Waals surface area contributed by atoms with Crippen LogP contribution in [0.1, 0.15) is 29.6 Å². The molecule has 226 valence electrons. The lowest BCUT2D eigenvalue weighted by molar-refractivity contribution is -0.192. The second kappa shape index (κ2) is 11.5. The molecular weight excluding hydrogens is 586 g/mol. The van der Waals surface area contributed by atoms with Crippen LogP contribution in [0.15, 0.2) is 36.4 Å². The molecule has 0 bridgehead atoms. The van der Waals surface area contributed by atoms with Crippen LogP contribution in [-0.2, 0) is 11.2 Å². The number of carbonyl (C=O) groups is 1. The van der Waals surface area contributed by atoms with Gasteiger partial charge in [0.2, 0.25) is 0 Å². The van der Waals surface area contributed by atoms with E-state index in [4.69, 9.17) is 20.0 Å². The number of fused-ring (bicyclic) bond motifs is 1. The normalized spacial score (nSPS) is 15.6. The SMILES string of the molecule is CCc1nn2c(C)cc(N3CCC4(CNC4)C3)cc2c1N(C)c1nc(-c2ccc(F)cc2)c(C#N)s1.O=C(O)C(F)(F)F. The highest BCUT2D eigenvalue weighted by molar-refractivity contribution is 7.16. The van der Waals surface area contributed by atoms with Crippen LogP contribution in [-0.4, -0.2) is 65.1 Å². The molecule has 2 saturated heterocycles. The van der Waals surface area contributed by atoms with Crippen LogP contribution in [0.25, 0.3) is 16.8 Å². The predicted molar refractivity (Wildman–Crippen MR) is 155 cm³/mol. The van der Waals surface area contributed by atoms with Gasteiger partial charge in [-0.15, -0.1) is 0 Å². The van der Waals surface area contributed by atoms with Gasteiger partial charge in [-0.1, -0.05) is 18.3 Å². The quantitative estimate of drug-likeness (QED) is 0.282. The monoisotopic (exact) mass is 615 g/mol. The van der Waals surface area contributed by atoms with E-state index in [-0.39, 0.29) is 5.82 Å². The number of nitriles is 1. The molecule has 5 heterocycles. The average molecular weight is 616 g/mol. The molecule has 6 rings (SSSR count). The zero-order chi connectivity index (χ0) is 31.1. The minimum absolute atomic E-state index is 0.313. The fraction of sp³-hybridized carbons (Fsp3) is 0.379. The maximum atomic E-state index is 13.5. The Morgan fingerprint density at radius 3 is 2.47 bits per heavy atom. The average Bonchev–Trinajstić information content (AvgIpc) is 3.68. The van der Waals surface area contributed by atoms with Crippen molar-refractivity contribution in [2.24, 2.45) is 5.41 Å². The summed E-state index contributed by atoms with van der Waals surface area (Å²) in [6, 6.07) is 12.9. The lowest BCUT2D eigenvalue weighted by Gasteiger charge is -2.39. The van der Waals surface area contributed by atoms with E-state index in [1.165, 1.54) is 35.6 Å². The van der Waals surface area contributed by atoms with Gasteiger partial charge in [0.25, 0.3) is 0 Å². The van der Waals surface area contributed by atoms with Gasteiger partial charge < -0.3 is 20.2 Å². The number of nitrogens with zero attached hydrogens (tertiary/aromatic N) is 6. The molecule has 2 aliphatic heterocycles. The number of aromatic nitrogens is 3. The molecule has 2 fully saturated rings. The molecule has 2 aliphatic rings. The van der Waals surface area contributed by atoms with Crippen LogP contribution in [0.4, 0.5) is 34.1 Å². The molecule has 0 aliphatic carbocycles. The van der Waals surface area contributed by atoms with Gasteiger partial charge in [0, 0.05) is 55.6 Å². The summed E-state index contributed by atoms with van der Waals surface area (Å²) in [5.41, 5.74) is 7.06. The number of rotatable bonds is 5. The largest absolute Gasteiger partial charge is 0.490 e. The molecule has 0 radical (unpaired) electrons. The first-order valence-electron chi connectivity index (χ1n) is 13.5. The standard InChI is InChI=1S/C27H28FN7S.C2HF3O2/c1-4-21-25(33(3)26-31-24(23(13-29)36-26)18-5-7-19(28)8-6-18)22-12-20(11-17(2)35(22)32-21)34-10-9-27(16-34)14-30-15-27;3-2(4,5)1(6)7/h5-8,11-12,30H,4,9-10,14-16H2,1-3H3;(H,6,7). The zero-order valence-electron chi connectivity index (χ0n) is 23.7. The molecule has 4 aromatic rings. The van der Waals surface area contributed by atoms with Crippen molar-refractivity contribution >= 4 is 39.3 Å². The Labute approximate surface area is 249 Å². The summed E-state index contributed by atoms with van der Waals surface area (Å²) in [7, 11) is 1.98. The number of nitrogens with one attached hydrogen (secondary N) is 1. The van der Waals surface area contributed by atoms with Crippen molar-refractivity contribution in [1.82, 2.24) is 19.9 Å². The second-order valence-corrected chi connectivity index (χ2v) is 11.7. The maximum Gasteiger partial charge on any atom is 0.490 e. The molecular formula is C29H29F4N7O2S. The molecule has 0 unspecified atom stereocenters. The number of carboxylic acid groups (broad SMARTS) is 1. The van der Waals surface area contributed by atoms with Crippen molar-refractivity contribution < 1.29 is 27.5 Å². The van der Waals surface area contributed by atoms with Crippen molar-refractivity contribution in [3.63, 3.8) is 0 Å². The number of thiazole rings is 1. The molecule has 14 heteroatoms. The number of aryl methyl sites for hydroxylation is 2. The third-order valence-electron chi connectivity index (χ3n) is 7.78. The third-order valence-corrected chi connectivity index (χ3v) is 8.82. The number of pyridine rings is 1. The molecule has 3 aromatic heterocycles. The smallest absolute Gasteiger partial charge is 0.475 e. The van der Waals surface area contributed by atoms with E-state index in [1.807, 2.05) is 16.5 Å². The Morgan fingerprint density at radius 2 is 1.93 bits per heavy atom. The highest BCUT2D eigenvalue weighted by Gasteiger charge is 2.43. The Kier molecular flexibility index (Phi) is 8.06. The number of benzene rings is 1. The topological polar surface area (TPSA) is 110 Å². The number of hydrogen-bond donors (Lipinski definition) is 2. The summed E-state index contributed by atoms with van der Waals surface area (Å²) >= 11 is 1.34. The summed E-state index contributed by atoms with van der Waals surface area (Å²) in [5, 5.41) is 26.0. The number of carboxylic acids is 1. The van der Waals surface area contributed by atoms with Gasteiger partial charge in [-0.2, -0.15) is 23.5 Å². The van der Waals surface area contributed by atoms with Crippen LogP contribution < -0.4 is 15.1 Å². The van der Waals surface area contributed by atoms with E-state index in [9.17, 15) is 22.8 Å². The minimum Gasteiger partial charge on any atom is -0.475 e. The summed E-state index contributed by atoms with van der Waals surface area (Å²) in [6.07, 6.45) is -3.09. The van der Waals surface area contributed by atoms with Gasteiger partial charge in [0.15, 0.2) is 5.13 Å². The maximum absolute atomic E-state index is 13.5. The molecule has 1 aromatic carbocycles. The Hall–Kier alpha value is -4.22. The number of halogens is 4. The van der Waals surface area contributed by atoms with Gasteiger partial charge in [-0.05, 0) is 56.2 Å². The Balaban J connectivity index is 0.000000472. The fourth-order valence-electron chi connectivity index (χ4n) is 5.46. The van der Waals surface area contributed by atoms with E-state index in [0.717, 1.165) is 60.8 Å². The molecule has 1 spiro atoms. The highest BCUT2D eigenvalue weighted by atomic mass is 32.1. The summed E-state index contributed by atoms with van der Waals surface area (Å²) in [4.78, 5) is 18.8. The lowest BCUT2D eigenvalue weighted by atomic mass is 9.81. The van der Waals surface area contributed by atoms with E-state index < -0.39 is 12.1 Å². The summed E-state index contributed by atoms with van der Waals surface area (Å²) in [5.74, 6) is -3.07. The minimum atomic E-state index is -5.08. The number of aliphatic carboxylic acids is 1. The fourth-order valence-corrected chi connectivity index (χ4v) is 6.31. The van der Waals surface area contributed by atoms with Crippen LogP contribution in [0.2, 0.25) is 0 Å². The first-order valence-corrected chi connectivity index (χ1v) is 14.4. The van der Waals surface area contributed by atoms with Gasteiger partial charge in [0.1, 0.15) is 22.5 Å². The first kappa shape index (κ1) is 30.2. The number of hydrogen-bond acceptors (Lipinski definition) is 8. The third kappa shape index (κ3) is 5.87. The molecule has 0 saturated carbocycles. The van der Waals surface area contributed by atoms with Gasteiger partial charge in [-0.3, -0.25) is 0 Å². The van der Waals surface area contributed by atoms with Crippen LogP contribution >= 0.6 is 11.3 Å². The number of alkyl halides is 3. The van der Waals surface area contributed by atoms with E-state index in [0.29, 0.717) is 21.1 Å². The zero-order valence-corrected chi connectivity index (χ0v) is 24.5. The second-order valence-electron chi connectivity index (χ2n) is 10.7. The van der Waals surface area contributed by atoms with Crippen molar-refractivity contribution in [3.05, 3.63) is 58.5 Å². The van der Waals surface area contributed by atoms with Crippen LogP contribution in [0.3, 0.4) is 0 Å². The highest BCUT2D eigenvalue weighted by Crippen LogP contribution is 2.41. The summed E-state index contributed by atoms with van der Waals surface area (Å²) < 4.78 is 47.2. The van der Waals surface area contributed by atoms with Crippen LogP contribution in [0.5, 0.6) is 0 Å². The van der Waals surface area contributed by atoms with Crippen LogP contribution in [0, 0.1) is 29.5 Å². The summed E-state index contributed by atoms with van der Waals surface area (Å²) in [6.45, 7) is 8.56. The molecule has 2 N–H and O–H groups in total. The van der Waals surface area contributed by atoms with Crippen molar-refractivity contribution in [1.29, 1.82) is 5.26 Å². The predicted octanol–water partition coefficient (Wildman–Crippen LogP) is 5.54. The van der Waals surface area contributed by atoms with Gasteiger partial charge in [-0.25, -0.2) is 18.7 Å². The molecule has 9 nitrogen and oxygen atoms in total.